The third-order valence-corrected chi connectivity index (χ3v) is 3.14. The summed E-state index contributed by atoms with van der Waals surface area (Å²) in [6, 6.07) is 0. The lowest BCUT2D eigenvalue weighted by molar-refractivity contribution is -0.137. The van der Waals surface area contributed by atoms with Crippen LogP contribution < -0.4 is 5.73 Å². The van der Waals surface area contributed by atoms with E-state index in [1.54, 1.807) is 4.90 Å². The second-order valence-electron chi connectivity index (χ2n) is 4.86. The molecule has 4 nitrogen and oxygen atoms in total. The predicted octanol–water partition coefficient (Wildman–Crippen LogP) is -0.293. The van der Waals surface area contributed by atoms with Crippen LogP contribution in [-0.4, -0.2) is 40.6 Å². The van der Waals surface area contributed by atoms with Crippen LogP contribution in [0.4, 0.5) is 0 Å². The van der Waals surface area contributed by atoms with Crippen LogP contribution in [0.5, 0.6) is 0 Å². The minimum Gasteiger partial charge on any atom is -0.391 e. The Bertz CT molecular complexity index is 241. The zero-order valence-corrected chi connectivity index (χ0v) is 8.57. The molecule has 3 N–H and O–H groups in total. The number of carbonyl (C=O) groups is 1. The summed E-state index contributed by atoms with van der Waals surface area (Å²) in [6.07, 6.45) is 2.02. The molecule has 1 aliphatic heterocycles. The number of aliphatic hydroxyl groups is 1. The number of β-amino-alcohol motifs (C(OH)–C–C–N with tert-alkyl or cyclic N) is 1. The van der Waals surface area contributed by atoms with Gasteiger partial charge >= 0.3 is 0 Å². The molecule has 0 bridgehead atoms. The SMILES string of the molecule is CC1CC(O)CN(C(=O)C2(N)CC2)C1. The minimum absolute atomic E-state index is 0.0306. The van der Waals surface area contributed by atoms with Crippen LogP contribution in [0.3, 0.4) is 0 Å². The number of amides is 1. The largest absolute Gasteiger partial charge is 0.391 e. The fourth-order valence-corrected chi connectivity index (χ4v) is 2.15. The summed E-state index contributed by atoms with van der Waals surface area (Å²) in [5, 5.41) is 9.55. The van der Waals surface area contributed by atoms with E-state index in [-0.39, 0.29) is 12.0 Å². The summed E-state index contributed by atoms with van der Waals surface area (Å²) in [6.45, 7) is 3.26. The highest BCUT2D eigenvalue weighted by Gasteiger charge is 2.49. The van der Waals surface area contributed by atoms with E-state index < -0.39 is 5.54 Å². The van der Waals surface area contributed by atoms with Gasteiger partial charge in [-0.25, -0.2) is 0 Å². The summed E-state index contributed by atoms with van der Waals surface area (Å²) < 4.78 is 0. The summed E-state index contributed by atoms with van der Waals surface area (Å²) in [5.41, 5.74) is 5.25. The van der Waals surface area contributed by atoms with Gasteiger partial charge in [0, 0.05) is 13.1 Å². The van der Waals surface area contributed by atoms with Gasteiger partial charge in [0.1, 0.15) is 0 Å². The summed E-state index contributed by atoms with van der Waals surface area (Å²) >= 11 is 0. The fraction of sp³-hybridized carbons (Fsp3) is 0.900. The zero-order chi connectivity index (χ0) is 10.3. The van der Waals surface area contributed by atoms with Gasteiger partial charge in [-0.05, 0) is 25.2 Å². The average molecular weight is 198 g/mol. The van der Waals surface area contributed by atoms with Crippen LogP contribution in [0, 0.1) is 5.92 Å². The molecule has 1 amide bonds. The molecule has 2 atom stereocenters. The Labute approximate surface area is 84.1 Å². The molecule has 2 unspecified atom stereocenters. The molecule has 0 spiro atoms. The van der Waals surface area contributed by atoms with E-state index in [1.165, 1.54) is 0 Å². The van der Waals surface area contributed by atoms with Gasteiger partial charge in [0.2, 0.25) is 5.91 Å². The van der Waals surface area contributed by atoms with Crippen molar-refractivity contribution in [2.24, 2.45) is 11.7 Å². The van der Waals surface area contributed by atoms with Gasteiger partial charge in [0.25, 0.3) is 0 Å². The van der Waals surface area contributed by atoms with Gasteiger partial charge < -0.3 is 15.7 Å². The first-order valence-corrected chi connectivity index (χ1v) is 5.27. The Hall–Kier alpha value is -0.610. The van der Waals surface area contributed by atoms with E-state index in [0.29, 0.717) is 12.5 Å². The van der Waals surface area contributed by atoms with Crippen molar-refractivity contribution < 1.29 is 9.90 Å². The number of aliphatic hydroxyl groups excluding tert-OH is 1. The molecule has 1 saturated carbocycles. The molecular formula is C10H18N2O2. The van der Waals surface area contributed by atoms with Crippen LogP contribution in [0.2, 0.25) is 0 Å². The van der Waals surface area contributed by atoms with Crippen LogP contribution in [0.15, 0.2) is 0 Å². The molecule has 4 heteroatoms. The van der Waals surface area contributed by atoms with E-state index in [4.69, 9.17) is 5.73 Å². The molecule has 1 heterocycles. The van der Waals surface area contributed by atoms with Crippen LogP contribution >= 0.6 is 0 Å². The molecule has 0 aromatic heterocycles. The second kappa shape index (κ2) is 3.21. The maximum Gasteiger partial charge on any atom is 0.242 e. The molecule has 0 radical (unpaired) electrons. The monoisotopic (exact) mass is 198 g/mol. The smallest absolute Gasteiger partial charge is 0.242 e. The molecule has 1 saturated heterocycles. The van der Waals surface area contributed by atoms with Crippen molar-refractivity contribution in [3.05, 3.63) is 0 Å². The first-order valence-electron chi connectivity index (χ1n) is 5.27. The van der Waals surface area contributed by atoms with E-state index in [9.17, 15) is 9.90 Å². The van der Waals surface area contributed by atoms with Gasteiger partial charge in [0.05, 0.1) is 11.6 Å². The maximum atomic E-state index is 11.9. The molecule has 2 rings (SSSR count). The quantitative estimate of drug-likeness (QED) is 0.608. The third kappa shape index (κ3) is 1.77. The number of hydrogen-bond donors (Lipinski definition) is 2. The van der Waals surface area contributed by atoms with E-state index in [1.807, 2.05) is 0 Å². The number of hydrogen-bond acceptors (Lipinski definition) is 3. The molecule has 2 fully saturated rings. The van der Waals surface area contributed by atoms with Gasteiger partial charge in [-0.3, -0.25) is 4.79 Å². The van der Waals surface area contributed by atoms with Crippen LogP contribution in [0.1, 0.15) is 26.2 Å². The lowest BCUT2D eigenvalue weighted by Crippen LogP contribution is -2.52. The van der Waals surface area contributed by atoms with Gasteiger partial charge in [0.15, 0.2) is 0 Å². The highest BCUT2D eigenvalue weighted by molar-refractivity contribution is 5.89. The Balaban J connectivity index is 2.00. The van der Waals surface area contributed by atoms with Crippen molar-refractivity contribution in [1.82, 2.24) is 4.90 Å². The van der Waals surface area contributed by atoms with E-state index in [0.717, 1.165) is 25.8 Å². The van der Waals surface area contributed by atoms with Crippen LogP contribution in [0.25, 0.3) is 0 Å². The summed E-state index contributed by atoms with van der Waals surface area (Å²) in [4.78, 5) is 13.6. The van der Waals surface area contributed by atoms with Crippen molar-refractivity contribution in [3.8, 4) is 0 Å². The zero-order valence-electron chi connectivity index (χ0n) is 8.57. The standard InChI is InChI=1S/C10H18N2O2/c1-7-4-8(13)6-12(5-7)9(14)10(11)2-3-10/h7-8,13H,2-6,11H2,1H3. The number of likely N-dealkylation sites (tertiary alicyclic amines) is 1. The fourth-order valence-electron chi connectivity index (χ4n) is 2.15. The molecule has 14 heavy (non-hydrogen) atoms. The third-order valence-electron chi connectivity index (χ3n) is 3.14. The van der Waals surface area contributed by atoms with Gasteiger partial charge in [-0.1, -0.05) is 6.92 Å². The van der Waals surface area contributed by atoms with Gasteiger partial charge in [-0.15, -0.1) is 0 Å². The number of carbonyl (C=O) groups excluding carboxylic acids is 1. The lowest BCUT2D eigenvalue weighted by atomic mass is 9.97. The molecule has 1 aliphatic carbocycles. The van der Waals surface area contributed by atoms with Crippen molar-refractivity contribution in [1.29, 1.82) is 0 Å². The van der Waals surface area contributed by atoms with Crippen molar-refractivity contribution >= 4 is 5.91 Å². The summed E-state index contributed by atoms with van der Waals surface area (Å²) in [5.74, 6) is 0.410. The lowest BCUT2D eigenvalue weighted by Gasteiger charge is -2.35. The van der Waals surface area contributed by atoms with Crippen molar-refractivity contribution in [2.45, 2.75) is 37.8 Å². The van der Waals surface area contributed by atoms with Crippen molar-refractivity contribution in [3.63, 3.8) is 0 Å². The van der Waals surface area contributed by atoms with Gasteiger partial charge in [-0.2, -0.15) is 0 Å². The number of piperidine rings is 1. The molecule has 80 valence electrons. The maximum absolute atomic E-state index is 11.9. The number of nitrogens with two attached hydrogens (primary N) is 1. The molecular weight excluding hydrogens is 180 g/mol. The van der Waals surface area contributed by atoms with Crippen molar-refractivity contribution in [2.75, 3.05) is 13.1 Å². The Morgan fingerprint density at radius 2 is 2.14 bits per heavy atom. The Morgan fingerprint density at radius 1 is 1.50 bits per heavy atom. The Kier molecular flexibility index (Phi) is 2.27. The van der Waals surface area contributed by atoms with Crippen LogP contribution in [-0.2, 0) is 4.79 Å². The first kappa shape index (κ1) is 9.93. The van der Waals surface area contributed by atoms with E-state index in [2.05, 4.69) is 6.92 Å². The second-order valence-corrected chi connectivity index (χ2v) is 4.86. The number of rotatable bonds is 1. The Morgan fingerprint density at radius 3 is 2.64 bits per heavy atom. The van der Waals surface area contributed by atoms with E-state index >= 15 is 0 Å². The number of nitrogens with zero attached hydrogens (tertiary/aromatic N) is 1. The molecule has 0 aromatic carbocycles. The first-order chi connectivity index (χ1) is 6.51. The normalized spacial score (nSPS) is 35.5. The highest BCUT2D eigenvalue weighted by Crippen LogP contribution is 2.35. The molecule has 0 aromatic rings. The predicted molar refractivity (Wildman–Crippen MR) is 52.5 cm³/mol. The highest BCUT2D eigenvalue weighted by atomic mass is 16.3. The average Bonchev–Trinajstić information content (AvgIpc) is 2.82. The minimum atomic E-state index is -0.587. The topological polar surface area (TPSA) is 66.6 Å². The molecule has 2 aliphatic rings. The summed E-state index contributed by atoms with van der Waals surface area (Å²) in [7, 11) is 0.